The Morgan fingerprint density at radius 3 is 2.08 bits per heavy atom. The zero-order valence-corrected chi connectivity index (χ0v) is 7.08. The second-order valence-electron chi connectivity index (χ2n) is 1.90. The molecule has 0 atom stereocenters. The molecule has 0 heterocycles. The first-order chi connectivity index (χ1) is 5.30. The number of halogens is 4. The molecule has 0 N–H and O–H groups in total. The Hall–Kier alpha value is -0.710. The molecule has 0 amide bonds. The van der Waals surface area contributed by atoms with Gasteiger partial charge < -0.3 is 4.74 Å². The molecule has 0 aromatic carbocycles. The molecule has 0 aromatic rings. The standard InChI is InChI=1S/C6H6ClF3O2/c1-3(12-2)4(7)5(11)6(8,9)10/h1-2H3/b4-3-. The van der Waals surface area contributed by atoms with Crippen LogP contribution in [0.15, 0.2) is 10.8 Å². The van der Waals surface area contributed by atoms with Gasteiger partial charge in [-0.2, -0.15) is 13.2 Å². The number of ketones is 1. The summed E-state index contributed by atoms with van der Waals surface area (Å²) in [6.45, 7) is 1.17. The summed E-state index contributed by atoms with van der Waals surface area (Å²) in [7, 11) is 1.13. The largest absolute Gasteiger partial charge is 0.500 e. The number of ether oxygens (including phenoxy) is 1. The van der Waals surface area contributed by atoms with Gasteiger partial charge in [0.1, 0.15) is 10.8 Å². The lowest BCUT2D eigenvalue weighted by Crippen LogP contribution is -2.23. The molecule has 0 saturated carbocycles. The van der Waals surface area contributed by atoms with Gasteiger partial charge >= 0.3 is 6.18 Å². The summed E-state index contributed by atoms with van der Waals surface area (Å²) in [6.07, 6.45) is -4.95. The van der Waals surface area contributed by atoms with Crippen LogP contribution in [-0.2, 0) is 9.53 Å². The van der Waals surface area contributed by atoms with E-state index in [4.69, 9.17) is 11.6 Å². The minimum atomic E-state index is -4.95. The van der Waals surface area contributed by atoms with Gasteiger partial charge in [-0.3, -0.25) is 4.79 Å². The second-order valence-corrected chi connectivity index (χ2v) is 2.28. The van der Waals surface area contributed by atoms with E-state index < -0.39 is 17.0 Å². The molecule has 0 bridgehead atoms. The number of alkyl halides is 3. The fourth-order valence-corrected chi connectivity index (χ4v) is 0.558. The van der Waals surface area contributed by atoms with Crippen molar-refractivity contribution >= 4 is 17.4 Å². The summed E-state index contributed by atoms with van der Waals surface area (Å²) < 4.78 is 39.4. The molecule has 12 heavy (non-hydrogen) atoms. The molecule has 0 rings (SSSR count). The lowest BCUT2D eigenvalue weighted by atomic mass is 10.3. The molecule has 70 valence electrons. The SMILES string of the molecule is CO/C(C)=C(\Cl)C(=O)C(F)(F)F. The number of carbonyl (C=O) groups is 1. The molecule has 0 saturated heterocycles. The van der Waals surface area contributed by atoms with Crippen molar-refractivity contribution < 1.29 is 22.7 Å². The third kappa shape index (κ3) is 2.73. The van der Waals surface area contributed by atoms with Crippen molar-refractivity contribution in [2.24, 2.45) is 0 Å². The van der Waals surface area contributed by atoms with Crippen LogP contribution in [0, 0.1) is 0 Å². The highest BCUT2D eigenvalue weighted by Crippen LogP contribution is 2.24. The zero-order chi connectivity index (χ0) is 9.94. The number of allylic oxidation sites excluding steroid dienone is 2. The number of methoxy groups -OCH3 is 1. The summed E-state index contributed by atoms with van der Waals surface area (Å²) in [5.41, 5.74) is 0. The van der Waals surface area contributed by atoms with E-state index in [-0.39, 0.29) is 5.76 Å². The van der Waals surface area contributed by atoms with Crippen LogP contribution in [0.2, 0.25) is 0 Å². The summed E-state index contributed by atoms with van der Waals surface area (Å²) in [5, 5.41) is -0.940. The minimum Gasteiger partial charge on any atom is -0.500 e. The van der Waals surface area contributed by atoms with E-state index >= 15 is 0 Å². The van der Waals surface area contributed by atoms with Crippen LogP contribution < -0.4 is 0 Å². The van der Waals surface area contributed by atoms with Gasteiger partial charge in [0, 0.05) is 0 Å². The van der Waals surface area contributed by atoms with Crippen molar-refractivity contribution in [2.45, 2.75) is 13.1 Å². The molecule has 0 aliphatic rings. The Morgan fingerprint density at radius 2 is 1.83 bits per heavy atom. The molecule has 0 unspecified atom stereocenters. The van der Waals surface area contributed by atoms with E-state index in [0.717, 1.165) is 7.11 Å². The van der Waals surface area contributed by atoms with Crippen LogP contribution in [-0.4, -0.2) is 19.1 Å². The van der Waals surface area contributed by atoms with E-state index in [0.29, 0.717) is 0 Å². The van der Waals surface area contributed by atoms with Crippen LogP contribution in [0.25, 0.3) is 0 Å². The Bertz CT molecular complexity index is 219. The first kappa shape index (κ1) is 11.3. The molecule has 2 nitrogen and oxygen atoms in total. The predicted octanol–water partition coefficient (Wildman–Crippen LogP) is 2.23. The monoisotopic (exact) mass is 202 g/mol. The van der Waals surface area contributed by atoms with E-state index in [1.165, 1.54) is 6.92 Å². The summed E-state index contributed by atoms with van der Waals surface area (Å²) in [6, 6.07) is 0. The van der Waals surface area contributed by atoms with Gasteiger partial charge in [0.25, 0.3) is 5.78 Å². The lowest BCUT2D eigenvalue weighted by Gasteiger charge is -2.05. The van der Waals surface area contributed by atoms with Crippen LogP contribution >= 0.6 is 11.6 Å². The molecule has 6 heteroatoms. The highest BCUT2D eigenvalue weighted by atomic mass is 35.5. The van der Waals surface area contributed by atoms with Gasteiger partial charge in [-0.05, 0) is 6.92 Å². The van der Waals surface area contributed by atoms with Crippen molar-refractivity contribution in [3.63, 3.8) is 0 Å². The van der Waals surface area contributed by atoms with Gasteiger partial charge in [-0.15, -0.1) is 0 Å². The summed E-state index contributed by atoms with van der Waals surface area (Å²) in [4.78, 5) is 10.4. The molecule has 0 radical (unpaired) electrons. The highest BCUT2D eigenvalue weighted by molar-refractivity contribution is 6.43. The molecular formula is C6H6ClF3O2. The maximum atomic E-state index is 11.7. The quantitative estimate of drug-likeness (QED) is 0.507. The van der Waals surface area contributed by atoms with Crippen molar-refractivity contribution in [2.75, 3.05) is 7.11 Å². The smallest absolute Gasteiger partial charge is 0.455 e. The van der Waals surface area contributed by atoms with Crippen molar-refractivity contribution in [3.05, 3.63) is 10.8 Å². The van der Waals surface area contributed by atoms with E-state index in [2.05, 4.69) is 4.74 Å². The number of hydrogen-bond donors (Lipinski definition) is 0. The average molecular weight is 203 g/mol. The zero-order valence-electron chi connectivity index (χ0n) is 6.33. The predicted molar refractivity (Wildman–Crippen MR) is 36.6 cm³/mol. The van der Waals surface area contributed by atoms with Gasteiger partial charge in [0.15, 0.2) is 0 Å². The Labute approximate surface area is 71.9 Å². The highest BCUT2D eigenvalue weighted by Gasteiger charge is 2.41. The number of carbonyl (C=O) groups excluding carboxylic acids is 1. The minimum absolute atomic E-state index is 0.251. The number of hydrogen-bond acceptors (Lipinski definition) is 2. The Kier molecular flexibility index (Phi) is 3.57. The molecule has 0 aliphatic carbocycles. The maximum absolute atomic E-state index is 11.7. The van der Waals surface area contributed by atoms with Crippen molar-refractivity contribution in [1.29, 1.82) is 0 Å². The Morgan fingerprint density at radius 1 is 1.42 bits per heavy atom. The molecule has 0 spiro atoms. The third-order valence-corrected chi connectivity index (χ3v) is 1.51. The van der Waals surface area contributed by atoms with Crippen LogP contribution in [0.1, 0.15) is 6.92 Å². The van der Waals surface area contributed by atoms with Crippen LogP contribution in [0.3, 0.4) is 0 Å². The molecule has 0 fully saturated rings. The fraction of sp³-hybridized carbons (Fsp3) is 0.500. The maximum Gasteiger partial charge on any atom is 0.455 e. The van der Waals surface area contributed by atoms with Crippen molar-refractivity contribution in [3.8, 4) is 0 Å². The van der Waals surface area contributed by atoms with E-state index in [1.807, 2.05) is 0 Å². The summed E-state index contributed by atoms with van der Waals surface area (Å²) in [5.74, 6) is -2.34. The Balaban J connectivity index is 4.74. The van der Waals surface area contributed by atoms with E-state index in [9.17, 15) is 18.0 Å². The van der Waals surface area contributed by atoms with E-state index in [1.54, 1.807) is 0 Å². The average Bonchev–Trinajstić information content (AvgIpc) is 1.98. The number of rotatable bonds is 2. The fourth-order valence-electron chi connectivity index (χ4n) is 0.374. The van der Waals surface area contributed by atoms with Gasteiger partial charge in [0.05, 0.1) is 7.11 Å². The van der Waals surface area contributed by atoms with Gasteiger partial charge in [-0.25, -0.2) is 0 Å². The lowest BCUT2D eigenvalue weighted by molar-refractivity contribution is -0.166. The normalized spacial score (nSPS) is 13.8. The van der Waals surface area contributed by atoms with Crippen LogP contribution in [0.4, 0.5) is 13.2 Å². The first-order valence-electron chi connectivity index (χ1n) is 2.82. The number of Topliss-reactive ketones (excluding diaryl/α,β-unsaturated/α-hetero) is 1. The molecular weight excluding hydrogens is 197 g/mol. The van der Waals surface area contributed by atoms with Crippen LogP contribution in [0.5, 0.6) is 0 Å². The second kappa shape index (κ2) is 3.80. The summed E-state index contributed by atoms with van der Waals surface area (Å²) >= 11 is 5.05. The van der Waals surface area contributed by atoms with Crippen molar-refractivity contribution in [1.82, 2.24) is 0 Å². The third-order valence-electron chi connectivity index (χ3n) is 1.07. The first-order valence-corrected chi connectivity index (χ1v) is 3.20. The topological polar surface area (TPSA) is 26.3 Å². The molecule has 0 aromatic heterocycles. The van der Waals surface area contributed by atoms with Gasteiger partial charge in [-0.1, -0.05) is 11.6 Å². The van der Waals surface area contributed by atoms with Gasteiger partial charge in [0.2, 0.25) is 0 Å². The molecule has 0 aliphatic heterocycles.